The Hall–Kier alpha value is -3.02. The number of benzene rings is 2. The molecular weight excluding hydrogens is 308 g/mol. The Kier molecular flexibility index (Phi) is 6.19. The molecule has 0 fully saturated rings. The second-order valence-corrected chi connectivity index (χ2v) is 4.93. The Labute approximate surface area is 141 Å². The topological polar surface area (TPSA) is 69.2 Å². The molecule has 0 heterocycles. The maximum absolute atomic E-state index is 11.8. The summed E-state index contributed by atoms with van der Waals surface area (Å²) in [7, 11) is 3.10. The fourth-order valence-corrected chi connectivity index (χ4v) is 2.08. The molecule has 0 aliphatic carbocycles. The molecule has 24 heavy (non-hydrogen) atoms. The third kappa shape index (κ3) is 4.49. The lowest BCUT2D eigenvalue weighted by Crippen LogP contribution is -2.24. The number of carbonyl (C=O) groups excluding carboxylic acids is 1. The highest BCUT2D eigenvalue weighted by atomic mass is 16.5. The minimum Gasteiger partial charge on any atom is -0.493 e. The molecule has 0 aromatic heterocycles. The summed E-state index contributed by atoms with van der Waals surface area (Å²) < 4.78 is 16.0. The Morgan fingerprint density at radius 3 is 2.54 bits per heavy atom. The highest BCUT2D eigenvalue weighted by Gasteiger charge is 2.08. The first-order valence-electron chi connectivity index (χ1n) is 7.37. The SMILES string of the molecule is COc1cccc(/C=N/NC(=O)COc2ccccc2C)c1OC. The first-order chi connectivity index (χ1) is 11.7. The number of aryl methyl sites for hydroxylation is 1. The van der Waals surface area contributed by atoms with Gasteiger partial charge in [-0.25, -0.2) is 5.43 Å². The van der Waals surface area contributed by atoms with Gasteiger partial charge in [-0.2, -0.15) is 5.10 Å². The largest absolute Gasteiger partial charge is 0.493 e. The maximum atomic E-state index is 11.8. The number of hydrazone groups is 1. The summed E-state index contributed by atoms with van der Waals surface area (Å²) in [6.45, 7) is 1.80. The third-order valence-corrected chi connectivity index (χ3v) is 3.28. The molecule has 0 radical (unpaired) electrons. The van der Waals surface area contributed by atoms with Gasteiger partial charge >= 0.3 is 0 Å². The van der Waals surface area contributed by atoms with Crippen molar-refractivity contribution >= 4 is 12.1 Å². The lowest BCUT2D eigenvalue weighted by atomic mass is 10.2. The predicted octanol–water partition coefficient (Wildman–Crippen LogP) is 2.54. The Bertz CT molecular complexity index is 729. The smallest absolute Gasteiger partial charge is 0.277 e. The van der Waals surface area contributed by atoms with Crippen LogP contribution in [0.15, 0.2) is 47.6 Å². The number of hydrogen-bond acceptors (Lipinski definition) is 5. The van der Waals surface area contributed by atoms with Gasteiger partial charge in [0.05, 0.1) is 20.4 Å². The van der Waals surface area contributed by atoms with Crippen LogP contribution in [0.3, 0.4) is 0 Å². The molecule has 0 bridgehead atoms. The van der Waals surface area contributed by atoms with Crippen molar-refractivity contribution in [3.05, 3.63) is 53.6 Å². The quantitative estimate of drug-likeness (QED) is 0.626. The molecule has 2 rings (SSSR count). The molecule has 1 amide bonds. The fraction of sp³-hybridized carbons (Fsp3) is 0.222. The number of para-hydroxylation sites is 2. The number of nitrogens with zero attached hydrogens (tertiary/aromatic N) is 1. The average molecular weight is 328 g/mol. The zero-order valence-corrected chi connectivity index (χ0v) is 13.9. The van der Waals surface area contributed by atoms with Crippen molar-refractivity contribution in [1.82, 2.24) is 5.43 Å². The highest BCUT2D eigenvalue weighted by molar-refractivity contribution is 5.86. The number of ether oxygens (including phenoxy) is 3. The van der Waals surface area contributed by atoms with E-state index in [1.165, 1.54) is 6.21 Å². The summed E-state index contributed by atoms with van der Waals surface area (Å²) in [5, 5.41) is 3.92. The summed E-state index contributed by atoms with van der Waals surface area (Å²) in [6, 6.07) is 12.9. The van der Waals surface area contributed by atoms with Crippen LogP contribution in [0.5, 0.6) is 17.2 Å². The van der Waals surface area contributed by atoms with Crippen LogP contribution in [-0.2, 0) is 4.79 Å². The van der Waals surface area contributed by atoms with E-state index in [0.29, 0.717) is 22.8 Å². The molecule has 0 aliphatic heterocycles. The van der Waals surface area contributed by atoms with Gasteiger partial charge in [-0.15, -0.1) is 0 Å². The first kappa shape index (κ1) is 17.3. The van der Waals surface area contributed by atoms with E-state index in [0.717, 1.165) is 5.56 Å². The normalized spacial score (nSPS) is 10.5. The van der Waals surface area contributed by atoms with Gasteiger partial charge in [0.15, 0.2) is 18.1 Å². The summed E-state index contributed by atoms with van der Waals surface area (Å²) in [4.78, 5) is 11.8. The summed E-state index contributed by atoms with van der Waals surface area (Å²) in [5.41, 5.74) is 4.08. The Morgan fingerprint density at radius 1 is 1.08 bits per heavy atom. The van der Waals surface area contributed by atoms with Crippen molar-refractivity contribution in [1.29, 1.82) is 0 Å². The second-order valence-electron chi connectivity index (χ2n) is 4.93. The zero-order valence-electron chi connectivity index (χ0n) is 13.9. The molecule has 2 aromatic rings. The van der Waals surface area contributed by atoms with Crippen LogP contribution in [0.2, 0.25) is 0 Å². The summed E-state index contributed by atoms with van der Waals surface area (Å²) >= 11 is 0. The van der Waals surface area contributed by atoms with Crippen LogP contribution in [-0.4, -0.2) is 32.9 Å². The molecule has 6 heteroatoms. The van der Waals surface area contributed by atoms with E-state index in [4.69, 9.17) is 14.2 Å². The molecule has 6 nitrogen and oxygen atoms in total. The third-order valence-electron chi connectivity index (χ3n) is 3.28. The predicted molar refractivity (Wildman–Crippen MR) is 92.0 cm³/mol. The number of rotatable bonds is 7. The van der Waals surface area contributed by atoms with Crippen molar-refractivity contribution in [2.45, 2.75) is 6.92 Å². The summed E-state index contributed by atoms with van der Waals surface area (Å²) in [6.07, 6.45) is 1.49. The first-order valence-corrected chi connectivity index (χ1v) is 7.37. The number of carbonyl (C=O) groups is 1. The molecule has 0 saturated heterocycles. The summed E-state index contributed by atoms with van der Waals surface area (Å²) in [5.74, 6) is 1.47. The van der Waals surface area contributed by atoms with Gasteiger partial charge in [0.25, 0.3) is 5.91 Å². The number of hydrogen-bond donors (Lipinski definition) is 1. The molecule has 1 N–H and O–H groups in total. The number of nitrogens with one attached hydrogen (secondary N) is 1. The minimum absolute atomic E-state index is 0.114. The van der Waals surface area contributed by atoms with Crippen LogP contribution in [0.25, 0.3) is 0 Å². The zero-order chi connectivity index (χ0) is 17.4. The van der Waals surface area contributed by atoms with Crippen molar-refractivity contribution in [3.63, 3.8) is 0 Å². The lowest BCUT2D eigenvalue weighted by Gasteiger charge is -2.09. The Balaban J connectivity index is 1.92. The van der Waals surface area contributed by atoms with E-state index < -0.39 is 0 Å². The molecule has 0 aliphatic rings. The number of methoxy groups -OCH3 is 2. The maximum Gasteiger partial charge on any atom is 0.277 e. The van der Waals surface area contributed by atoms with E-state index in [1.807, 2.05) is 37.3 Å². The van der Waals surface area contributed by atoms with Gasteiger partial charge in [-0.3, -0.25) is 4.79 Å². The Morgan fingerprint density at radius 2 is 1.83 bits per heavy atom. The molecular formula is C18H20N2O4. The van der Waals surface area contributed by atoms with Gasteiger partial charge in [-0.05, 0) is 30.7 Å². The van der Waals surface area contributed by atoms with Crippen molar-refractivity contribution in [2.24, 2.45) is 5.10 Å². The molecule has 0 saturated carbocycles. The van der Waals surface area contributed by atoms with Crippen LogP contribution in [0, 0.1) is 6.92 Å². The van der Waals surface area contributed by atoms with Gasteiger partial charge in [0.1, 0.15) is 5.75 Å². The fourth-order valence-electron chi connectivity index (χ4n) is 2.08. The van der Waals surface area contributed by atoms with Gasteiger partial charge in [-0.1, -0.05) is 24.3 Å². The molecule has 0 spiro atoms. The molecule has 2 aromatic carbocycles. The number of amides is 1. The second kappa shape index (κ2) is 8.57. The monoisotopic (exact) mass is 328 g/mol. The van der Waals surface area contributed by atoms with Crippen LogP contribution in [0.4, 0.5) is 0 Å². The highest BCUT2D eigenvalue weighted by Crippen LogP contribution is 2.29. The van der Waals surface area contributed by atoms with Crippen molar-refractivity contribution in [3.8, 4) is 17.2 Å². The van der Waals surface area contributed by atoms with Crippen molar-refractivity contribution < 1.29 is 19.0 Å². The minimum atomic E-state index is -0.351. The lowest BCUT2D eigenvalue weighted by molar-refractivity contribution is -0.123. The van der Waals surface area contributed by atoms with Gasteiger partial charge in [0, 0.05) is 5.56 Å². The van der Waals surface area contributed by atoms with Crippen LogP contribution >= 0.6 is 0 Å². The molecule has 0 unspecified atom stereocenters. The van der Waals surface area contributed by atoms with Gasteiger partial charge < -0.3 is 14.2 Å². The van der Waals surface area contributed by atoms with E-state index in [-0.39, 0.29) is 12.5 Å². The van der Waals surface area contributed by atoms with E-state index >= 15 is 0 Å². The van der Waals surface area contributed by atoms with E-state index in [9.17, 15) is 4.79 Å². The van der Waals surface area contributed by atoms with E-state index in [2.05, 4.69) is 10.5 Å². The van der Waals surface area contributed by atoms with Crippen LogP contribution < -0.4 is 19.6 Å². The van der Waals surface area contributed by atoms with Crippen LogP contribution in [0.1, 0.15) is 11.1 Å². The average Bonchev–Trinajstić information content (AvgIpc) is 2.60. The standard InChI is InChI=1S/C18H20N2O4/c1-13-7-4-5-9-15(13)24-12-17(21)20-19-11-14-8-6-10-16(22-2)18(14)23-3/h4-11H,12H2,1-3H3,(H,20,21)/b19-11+. The van der Waals surface area contributed by atoms with E-state index in [1.54, 1.807) is 26.4 Å². The molecule has 126 valence electrons. The van der Waals surface area contributed by atoms with Crippen molar-refractivity contribution in [2.75, 3.05) is 20.8 Å². The van der Waals surface area contributed by atoms with Gasteiger partial charge in [0.2, 0.25) is 0 Å². The molecule has 0 atom stereocenters.